The van der Waals surface area contributed by atoms with Gasteiger partial charge in [-0.15, -0.1) is 0 Å². The Balaban J connectivity index is 2.11. The van der Waals surface area contributed by atoms with E-state index in [2.05, 4.69) is 4.98 Å². The summed E-state index contributed by atoms with van der Waals surface area (Å²) in [6, 6.07) is 10.6. The van der Waals surface area contributed by atoms with Gasteiger partial charge in [0.2, 0.25) is 5.43 Å². The lowest BCUT2D eigenvalue weighted by atomic mass is 10.2. The maximum Gasteiger partial charge on any atom is 0.265 e. The van der Waals surface area contributed by atoms with Crippen molar-refractivity contribution in [3.63, 3.8) is 0 Å². The molecule has 0 unspecified atom stereocenters. The molecule has 0 radical (unpaired) electrons. The zero-order chi connectivity index (χ0) is 13.0. The van der Waals surface area contributed by atoms with E-state index in [0.29, 0.717) is 6.61 Å². The molecule has 0 saturated heterocycles. The van der Waals surface area contributed by atoms with E-state index in [-0.39, 0.29) is 16.9 Å². The minimum Gasteiger partial charge on any atom is -0.483 e. The number of primary amides is 1. The summed E-state index contributed by atoms with van der Waals surface area (Å²) < 4.78 is 5.36. The van der Waals surface area contributed by atoms with Crippen molar-refractivity contribution in [2.75, 3.05) is 0 Å². The van der Waals surface area contributed by atoms with Crippen LogP contribution in [-0.4, -0.2) is 10.9 Å². The van der Waals surface area contributed by atoms with Gasteiger partial charge in [0, 0.05) is 12.3 Å². The molecule has 0 aliphatic rings. The zero-order valence-electron chi connectivity index (χ0n) is 9.55. The van der Waals surface area contributed by atoms with Gasteiger partial charge in [0.1, 0.15) is 12.3 Å². The Morgan fingerprint density at radius 3 is 2.61 bits per heavy atom. The van der Waals surface area contributed by atoms with Crippen molar-refractivity contribution in [1.82, 2.24) is 4.98 Å². The lowest BCUT2D eigenvalue weighted by Crippen LogP contribution is -2.17. The van der Waals surface area contributed by atoms with Crippen molar-refractivity contribution in [1.29, 1.82) is 0 Å². The molecule has 3 N–H and O–H groups in total. The van der Waals surface area contributed by atoms with Crippen LogP contribution in [-0.2, 0) is 6.61 Å². The predicted molar refractivity (Wildman–Crippen MR) is 66.4 cm³/mol. The number of aromatic nitrogens is 1. The average molecular weight is 244 g/mol. The normalized spacial score (nSPS) is 10.0. The van der Waals surface area contributed by atoms with Crippen LogP contribution in [0.15, 0.2) is 47.4 Å². The van der Waals surface area contributed by atoms with Crippen molar-refractivity contribution in [2.24, 2.45) is 5.73 Å². The Bertz CT molecular complexity index is 605. The van der Waals surface area contributed by atoms with Gasteiger partial charge in [0.15, 0.2) is 5.75 Å². The van der Waals surface area contributed by atoms with E-state index >= 15 is 0 Å². The zero-order valence-corrected chi connectivity index (χ0v) is 9.55. The summed E-state index contributed by atoms with van der Waals surface area (Å²) in [6.07, 6.45) is 1.34. The number of ether oxygens (including phenoxy) is 1. The number of carbonyl (C=O) groups is 1. The molecule has 18 heavy (non-hydrogen) atoms. The Morgan fingerprint density at radius 2 is 2.00 bits per heavy atom. The summed E-state index contributed by atoms with van der Waals surface area (Å²) in [7, 11) is 0. The highest BCUT2D eigenvalue weighted by atomic mass is 16.5. The minimum absolute atomic E-state index is 0.0621. The van der Waals surface area contributed by atoms with Crippen molar-refractivity contribution < 1.29 is 9.53 Å². The lowest BCUT2D eigenvalue weighted by molar-refractivity contribution is 0.0995. The van der Waals surface area contributed by atoms with Crippen LogP contribution in [0.25, 0.3) is 0 Å². The highest BCUT2D eigenvalue weighted by Gasteiger charge is 2.06. The molecule has 1 amide bonds. The molecule has 2 rings (SSSR count). The Hall–Kier alpha value is -2.56. The molecule has 1 aromatic heterocycles. The number of pyridine rings is 1. The lowest BCUT2D eigenvalue weighted by Gasteiger charge is -2.05. The van der Waals surface area contributed by atoms with Crippen molar-refractivity contribution in [3.8, 4) is 5.75 Å². The predicted octanol–water partition coefficient (Wildman–Crippen LogP) is 1.05. The molecule has 5 nitrogen and oxygen atoms in total. The molecule has 2 aromatic rings. The molecule has 5 heteroatoms. The maximum absolute atomic E-state index is 11.6. The monoisotopic (exact) mass is 244 g/mol. The summed E-state index contributed by atoms with van der Waals surface area (Å²) in [5, 5.41) is 0. The van der Waals surface area contributed by atoms with Gasteiger partial charge in [0.25, 0.3) is 5.91 Å². The molecule has 0 atom stereocenters. The number of hydrogen-bond donors (Lipinski definition) is 2. The second-order valence-electron chi connectivity index (χ2n) is 3.71. The maximum atomic E-state index is 11.6. The molecule has 0 bridgehead atoms. The van der Waals surface area contributed by atoms with Crippen LogP contribution in [0.2, 0.25) is 0 Å². The van der Waals surface area contributed by atoms with Gasteiger partial charge < -0.3 is 15.5 Å². The van der Waals surface area contributed by atoms with Gasteiger partial charge in [-0.25, -0.2) is 0 Å². The summed E-state index contributed by atoms with van der Waals surface area (Å²) >= 11 is 0. The van der Waals surface area contributed by atoms with Crippen molar-refractivity contribution in [2.45, 2.75) is 6.61 Å². The number of aromatic amines is 1. The van der Waals surface area contributed by atoms with E-state index in [1.165, 1.54) is 6.20 Å². The Labute approximate surface area is 103 Å². The number of rotatable bonds is 4. The number of carbonyl (C=O) groups excluding carboxylic acids is 1. The number of nitrogens with two attached hydrogens (primary N) is 1. The SMILES string of the molecule is NC(=O)c1cc(=O)c(OCc2ccccc2)c[nH]1. The van der Waals surface area contributed by atoms with E-state index < -0.39 is 5.91 Å². The van der Waals surface area contributed by atoms with Crippen LogP contribution >= 0.6 is 0 Å². The topological polar surface area (TPSA) is 85.2 Å². The van der Waals surface area contributed by atoms with Crippen LogP contribution in [0.5, 0.6) is 5.75 Å². The first-order valence-electron chi connectivity index (χ1n) is 5.36. The first-order valence-corrected chi connectivity index (χ1v) is 5.36. The molecular formula is C13H12N2O3. The molecule has 1 heterocycles. The number of H-pyrrole nitrogens is 1. The third kappa shape index (κ3) is 2.76. The standard InChI is InChI=1S/C13H12N2O3/c14-13(17)10-6-11(16)12(7-15-10)18-8-9-4-2-1-3-5-9/h1-7H,8H2,(H2,14,17)(H,15,16). The average Bonchev–Trinajstić information content (AvgIpc) is 2.38. The smallest absolute Gasteiger partial charge is 0.265 e. The number of amides is 1. The van der Waals surface area contributed by atoms with Crippen LogP contribution in [0.1, 0.15) is 16.1 Å². The van der Waals surface area contributed by atoms with Crippen LogP contribution in [0.4, 0.5) is 0 Å². The van der Waals surface area contributed by atoms with Gasteiger partial charge >= 0.3 is 0 Å². The van der Waals surface area contributed by atoms with Crippen molar-refractivity contribution >= 4 is 5.91 Å². The van der Waals surface area contributed by atoms with Gasteiger partial charge in [-0.1, -0.05) is 30.3 Å². The second kappa shape index (κ2) is 5.18. The highest BCUT2D eigenvalue weighted by Crippen LogP contribution is 2.06. The van der Waals surface area contributed by atoms with Gasteiger partial charge in [-0.05, 0) is 5.56 Å². The fraction of sp³-hybridized carbons (Fsp3) is 0.0769. The second-order valence-corrected chi connectivity index (χ2v) is 3.71. The van der Waals surface area contributed by atoms with Crippen molar-refractivity contribution in [3.05, 3.63) is 64.1 Å². The van der Waals surface area contributed by atoms with E-state index in [0.717, 1.165) is 11.6 Å². The molecule has 92 valence electrons. The third-order valence-electron chi connectivity index (χ3n) is 2.38. The van der Waals surface area contributed by atoms with E-state index in [1.807, 2.05) is 30.3 Å². The number of nitrogens with one attached hydrogen (secondary N) is 1. The Kier molecular flexibility index (Phi) is 3.43. The van der Waals surface area contributed by atoms with Gasteiger partial charge in [-0.2, -0.15) is 0 Å². The molecule has 0 aliphatic carbocycles. The third-order valence-corrected chi connectivity index (χ3v) is 2.38. The van der Waals surface area contributed by atoms with E-state index in [9.17, 15) is 9.59 Å². The molecule has 0 aliphatic heterocycles. The first kappa shape index (κ1) is 11.9. The Morgan fingerprint density at radius 1 is 1.28 bits per heavy atom. The van der Waals surface area contributed by atoms with E-state index in [1.54, 1.807) is 0 Å². The number of benzene rings is 1. The van der Waals surface area contributed by atoms with Crippen LogP contribution in [0.3, 0.4) is 0 Å². The fourth-order valence-corrected chi connectivity index (χ4v) is 1.45. The molecule has 0 fully saturated rings. The highest BCUT2D eigenvalue weighted by molar-refractivity contribution is 5.90. The quantitative estimate of drug-likeness (QED) is 0.843. The van der Waals surface area contributed by atoms with Crippen LogP contribution in [0, 0.1) is 0 Å². The minimum atomic E-state index is -0.679. The molecular weight excluding hydrogens is 232 g/mol. The van der Waals surface area contributed by atoms with Gasteiger partial charge in [-0.3, -0.25) is 9.59 Å². The largest absolute Gasteiger partial charge is 0.483 e. The number of hydrogen-bond acceptors (Lipinski definition) is 3. The summed E-state index contributed by atoms with van der Waals surface area (Å²) in [6.45, 7) is 0.292. The molecule has 0 spiro atoms. The first-order chi connectivity index (χ1) is 8.66. The van der Waals surface area contributed by atoms with E-state index in [4.69, 9.17) is 10.5 Å². The summed E-state index contributed by atoms with van der Waals surface area (Å²) in [4.78, 5) is 25.1. The van der Waals surface area contributed by atoms with Gasteiger partial charge in [0.05, 0.1) is 0 Å². The summed E-state index contributed by atoms with van der Waals surface area (Å²) in [5.74, 6) is -0.523. The fourth-order valence-electron chi connectivity index (χ4n) is 1.45. The molecule has 0 saturated carbocycles. The molecule has 1 aromatic carbocycles. The summed E-state index contributed by atoms with van der Waals surface area (Å²) in [5.41, 5.74) is 5.69. The van der Waals surface area contributed by atoms with Crippen LogP contribution < -0.4 is 15.9 Å².